The third kappa shape index (κ3) is 6.55. The second kappa shape index (κ2) is 8.03. The van der Waals surface area contributed by atoms with Crippen molar-refractivity contribution in [2.75, 3.05) is 5.32 Å². The maximum absolute atomic E-state index is 12.2. The smallest absolute Gasteiger partial charge is 0.387 e. The quantitative estimate of drug-likeness (QED) is 0.722. The molecule has 0 fully saturated rings. The Kier molecular flexibility index (Phi) is 6.38. The number of carbonyl (C=O) groups excluding carboxylic acids is 1. The largest absolute Gasteiger partial charge is 0.481 e. The number of carboxylic acid groups (broad SMARTS) is 1. The van der Waals surface area contributed by atoms with Crippen LogP contribution in [0.1, 0.15) is 19.8 Å². The molecule has 8 heteroatoms. The van der Waals surface area contributed by atoms with Gasteiger partial charge < -0.3 is 20.5 Å². The molecule has 0 aliphatic heterocycles. The summed E-state index contributed by atoms with van der Waals surface area (Å²) in [6.45, 7) is -1.35. The first kappa shape index (κ1) is 16.7. The average Bonchev–Trinajstić information content (AvgIpc) is 2.38. The second-order valence-corrected chi connectivity index (χ2v) is 4.31. The Balaban J connectivity index is 2.56. The highest BCUT2D eigenvalue weighted by molar-refractivity contribution is 5.91. The van der Waals surface area contributed by atoms with Crippen LogP contribution in [0.2, 0.25) is 0 Å². The summed E-state index contributed by atoms with van der Waals surface area (Å²) >= 11 is 0. The predicted octanol–water partition coefficient (Wildman–Crippen LogP) is 2.66. The summed E-state index contributed by atoms with van der Waals surface area (Å²) in [5.74, 6) is -1.11. The predicted molar refractivity (Wildman–Crippen MR) is 71.6 cm³/mol. The van der Waals surface area contributed by atoms with Gasteiger partial charge in [-0.15, -0.1) is 0 Å². The minimum absolute atomic E-state index is 0.0769. The van der Waals surface area contributed by atoms with Crippen LogP contribution < -0.4 is 15.4 Å². The molecule has 1 unspecified atom stereocenters. The van der Waals surface area contributed by atoms with Gasteiger partial charge in [0.2, 0.25) is 0 Å². The van der Waals surface area contributed by atoms with Crippen molar-refractivity contribution in [1.29, 1.82) is 0 Å². The van der Waals surface area contributed by atoms with Gasteiger partial charge in [0.15, 0.2) is 0 Å². The summed E-state index contributed by atoms with van der Waals surface area (Å²) in [5.41, 5.74) is 0.0979. The molecule has 3 N–H and O–H groups in total. The number of carbonyl (C=O) groups is 2. The molecular weight excluding hydrogens is 286 g/mol. The lowest BCUT2D eigenvalue weighted by Gasteiger charge is -2.15. The van der Waals surface area contributed by atoms with Crippen molar-refractivity contribution < 1.29 is 28.2 Å². The van der Waals surface area contributed by atoms with Crippen LogP contribution in [0.5, 0.6) is 5.75 Å². The number of anilines is 1. The monoisotopic (exact) mass is 302 g/mol. The molecule has 0 bridgehead atoms. The molecule has 1 aromatic rings. The number of aliphatic carboxylic acids is 1. The van der Waals surface area contributed by atoms with Gasteiger partial charge in [0.05, 0.1) is 5.69 Å². The number of alkyl halides is 2. The maximum atomic E-state index is 12.2. The molecule has 1 atom stereocenters. The Morgan fingerprint density at radius 2 is 2.00 bits per heavy atom. The molecule has 0 spiro atoms. The lowest BCUT2D eigenvalue weighted by Crippen LogP contribution is -2.36. The molecule has 0 heterocycles. The number of halogens is 2. The lowest BCUT2D eigenvalue weighted by molar-refractivity contribution is -0.137. The molecule has 0 saturated carbocycles. The van der Waals surface area contributed by atoms with Crippen LogP contribution in [0.15, 0.2) is 24.3 Å². The van der Waals surface area contributed by atoms with Gasteiger partial charge in [-0.25, -0.2) is 4.79 Å². The summed E-state index contributed by atoms with van der Waals surface area (Å²) in [6.07, 6.45) is 0.185. The van der Waals surface area contributed by atoms with E-state index in [4.69, 9.17) is 5.11 Å². The number of urea groups is 1. The molecule has 6 nitrogen and oxygen atoms in total. The lowest BCUT2D eigenvalue weighted by atomic mass is 10.2. The fraction of sp³-hybridized carbons (Fsp3) is 0.385. The van der Waals surface area contributed by atoms with E-state index in [0.29, 0.717) is 0 Å². The van der Waals surface area contributed by atoms with E-state index in [1.54, 1.807) is 13.0 Å². The van der Waals surface area contributed by atoms with Crippen LogP contribution in [0.25, 0.3) is 0 Å². The van der Waals surface area contributed by atoms with Gasteiger partial charge in [0.25, 0.3) is 0 Å². The highest BCUT2D eigenvalue weighted by atomic mass is 19.3. The number of amides is 2. The van der Waals surface area contributed by atoms with Gasteiger partial charge in [0, 0.05) is 12.5 Å². The van der Waals surface area contributed by atoms with E-state index < -0.39 is 18.6 Å². The molecule has 2 amide bonds. The van der Waals surface area contributed by atoms with E-state index in [0.717, 1.165) is 0 Å². The Bertz CT molecular complexity index is 497. The van der Waals surface area contributed by atoms with Crippen molar-refractivity contribution in [2.24, 2.45) is 0 Å². The number of benzene rings is 1. The number of rotatable bonds is 7. The van der Waals surface area contributed by atoms with Crippen LogP contribution in [-0.2, 0) is 4.79 Å². The summed E-state index contributed by atoms with van der Waals surface area (Å²) in [6, 6.07) is 4.77. The zero-order chi connectivity index (χ0) is 15.8. The van der Waals surface area contributed by atoms with Crippen molar-refractivity contribution in [3.8, 4) is 5.75 Å². The SMILES string of the molecule is CC(CCC(=O)O)NC(=O)Nc1ccccc1OC(F)F. The van der Waals surface area contributed by atoms with E-state index >= 15 is 0 Å². The first-order valence-electron chi connectivity index (χ1n) is 6.21. The summed E-state index contributed by atoms with van der Waals surface area (Å²) < 4.78 is 28.7. The topological polar surface area (TPSA) is 87.7 Å². The van der Waals surface area contributed by atoms with E-state index in [9.17, 15) is 18.4 Å². The normalized spacial score (nSPS) is 11.8. The molecule has 0 aromatic heterocycles. The Morgan fingerprint density at radius 1 is 1.33 bits per heavy atom. The van der Waals surface area contributed by atoms with Crippen molar-refractivity contribution in [2.45, 2.75) is 32.4 Å². The first-order chi connectivity index (χ1) is 9.88. The van der Waals surface area contributed by atoms with Gasteiger partial charge in [-0.05, 0) is 25.5 Å². The van der Waals surface area contributed by atoms with Gasteiger partial charge in [-0.2, -0.15) is 8.78 Å². The number of nitrogens with one attached hydrogen (secondary N) is 2. The zero-order valence-corrected chi connectivity index (χ0v) is 11.3. The van der Waals surface area contributed by atoms with Crippen LogP contribution in [0.4, 0.5) is 19.3 Å². The Morgan fingerprint density at radius 3 is 2.62 bits per heavy atom. The summed E-state index contributed by atoms with van der Waals surface area (Å²) in [5, 5.41) is 13.4. The van der Waals surface area contributed by atoms with Gasteiger partial charge in [-0.1, -0.05) is 12.1 Å². The molecule has 0 aliphatic carbocycles. The molecule has 21 heavy (non-hydrogen) atoms. The summed E-state index contributed by atoms with van der Waals surface area (Å²) in [4.78, 5) is 22.1. The van der Waals surface area contributed by atoms with Crippen LogP contribution >= 0.6 is 0 Å². The van der Waals surface area contributed by atoms with Crippen molar-refractivity contribution in [3.63, 3.8) is 0 Å². The molecule has 0 radical (unpaired) electrons. The third-order valence-corrected chi connectivity index (χ3v) is 2.52. The van der Waals surface area contributed by atoms with Crippen molar-refractivity contribution >= 4 is 17.7 Å². The number of para-hydroxylation sites is 2. The van der Waals surface area contributed by atoms with E-state index in [2.05, 4.69) is 15.4 Å². The standard InChI is InChI=1S/C13H16F2N2O4/c1-8(6-7-11(18)19)16-13(20)17-9-4-2-3-5-10(9)21-12(14)15/h2-5,8,12H,6-7H2,1H3,(H,18,19)(H2,16,17,20). The molecule has 116 valence electrons. The summed E-state index contributed by atoms with van der Waals surface area (Å²) in [7, 11) is 0. The van der Waals surface area contributed by atoms with Gasteiger partial charge in [-0.3, -0.25) is 4.79 Å². The minimum atomic E-state index is -2.99. The van der Waals surface area contributed by atoms with Crippen molar-refractivity contribution in [3.05, 3.63) is 24.3 Å². The molecular formula is C13H16F2N2O4. The van der Waals surface area contributed by atoms with Gasteiger partial charge in [0.1, 0.15) is 5.75 Å². The van der Waals surface area contributed by atoms with Crippen LogP contribution in [0, 0.1) is 0 Å². The van der Waals surface area contributed by atoms with Crippen LogP contribution in [0.3, 0.4) is 0 Å². The highest BCUT2D eigenvalue weighted by Gasteiger charge is 2.13. The van der Waals surface area contributed by atoms with Crippen molar-refractivity contribution in [1.82, 2.24) is 5.32 Å². The molecule has 1 rings (SSSR count). The van der Waals surface area contributed by atoms with E-state index in [1.807, 2.05) is 0 Å². The molecule has 0 saturated heterocycles. The second-order valence-electron chi connectivity index (χ2n) is 4.31. The molecule has 0 aliphatic rings. The first-order valence-corrected chi connectivity index (χ1v) is 6.21. The van der Waals surface area contributed by atoms with E-state index in [-0.39, 0.29) is 30.3 Å². The minimum Gasteiger partial charge on any atom is -0.481 e. The Labute approximate surface area is 120 Å². The fourth-order valence-electron chi connectivity index (χ4n) is 1.56. The third-order valence-electron chi connectivity index (χ3n) is 2.52. The highest BCUT2D eigenvalue weighted by Crippen LogP contribution is 2.25. The van der Waals surface area contributed by atoms with Gasteiger partial charge >= 0.3 is 18.6 Å². The number of hydrogen-bond donors (Lipinski definition) is 3. The number of hydrogen-bond acceptors (Lipinski definition) is 3. The number of ether oxygens (including phenoxy) is 1. The van der Waals surface area contributed by atoms with Crippen LogP contribution in [-0.4, -0.2) is 29.8 Å². The Hall–Kier alpha value is -2.38. The average molecular weight is 302 g/mol. The zero-order valence-electron chi connectivity index (χ0n) is 11.3. The maximum Gasteiger partial charge on any atom is 0.387 e. The van der Waals surface area contributed by atoms with E-state index in [1.165, 1.54) is 18.2 Å². The fourth-order valence-corrected chi connectivity index (χ4v) is 1.56. The molecule has 1 aromatic carbocycles. The number of carboxylic acids is 1.